The number of thiazole rings is 1. The molecule has 6 nitrogen and oxygen atoms in total. The average molecular weight is 408 g/mol. The van der Waals surface area contributed by atoms with Crippen LogP contribution in [0.4, 0.5) is 5.69 Å². The quantitative estimate of drug-likeness (QED) is 0.432. The first kappa shape index (κ1) is 19.2. The Hall–Kier alpha value is -3.16. The van der Waals surface area contributed by atoms with Crippen LogP contribution in [-0.4, -0.2) is 10.9 Å². The standard InChI is InChI=1S/C22H20N2O4S/c1-14-8-9-19(28-14)22-23-15(2)20(29-22)21(25)24-17-6-3-5-16(11-17)12-26-13-18-7-4-10-27-18/h3-11H,12-13H2,1-2H3,(H,24,25). The smallest absolute Gasteiger partial charge is 0.267 e. The maximum atomic E-state index is 12.8. The van der Waals surface area contributed by atoms with E-state index in [0.717, 1.165) is 17.1 Å². The van der Waals surface area contributed by atoms with Crippen molar-refractivity contribution in [2.75, 3.05) is 5.32 Å². The van der Waals surface area contributed by atoms with E-state index in [4.69, 9.17) is 13.6 Å². The molecule has 0 saturated heterocycles. The Labute approximate surface area is 172 Å². The number of carbonyl (C=O) groups excluding carboxylic acids is 1. The SMILES string of the molecule is Cc1ccc(-c2nc(C)c(C(=O)Nc3cccc(COCc4ccco4)c3)s2)o1. The molecule has 0 unspecified atom stereocenters. The van der Waals surface area contributed by atoms with Gasteiger partial charge in [-0.3, -0.25) is 4.79 Å². The lowest BCUT2D eigenvalue weighted by Crippen LogP contribution is -2.11. The fourth-order valence-electron chi connectivity index (χ4n) is 2.85. The largest absolute Gasteiger partial charge is 0.467 e. The van der Waals surface area contributed by atoms with Crippen molar-refractivity contribution < 1.29 is 18.4 Å². The van der Waals surface area contributed by atoms with Crippen molar-refractivity contribution in [1.82, 2.24) is 4.98 Å². The van der Waals surface area contributed by atoms with Crippen LogP contribution >= 0.6 is 11.3 Å². The summed E-state index contributed by atoms with van der Waals surface area (Å²) in [6, 6.07) is 15.0. The molecule has 0 aliphatic carbocycles. The highest BCUT2D eigenvalue weighted by Crippen LogP contribution is 2.29. The lowest BCUT2D eigenvalue weighted by atomic mass is 10.2. The molecule has 3 aromatic heterocycles. The van der Waals surface area contributed by atoms with Crippen molar-refractivity contribution in [2.45, 2.75) is 27.1 Å². The fraction of sp³-hybridized carbons (Fsp3) is 0.182. The van der Waals surface area contributed by atoms with Gasteiger partial charge in [0.05, 0.1) is 18.6 Å². The van der Waals surface area contributed by atoms with Gasteiger partial charge in [-0.15, -0.1) is 11.3 Å². The number of anilines is 1. The molecule has 4 aromatic rings. The molecule has 0 fully saturated rings. The average Bonchev–Trinajstić information content (AvgIpc) is 3.43. The molecule has 29 heavy (non-hydrogen) atoms. The highest BCUT2D eigenvalue weighted by molar-refractivity contribution is 7.17. The molecule has 0 radical (unpaired) electrons. The van der Waals surface area contributed by atoms with E-state index in [1.54, 1.807) is 6.26 Å². The van der Waals surface area contributed by atoms with E-state index >= 15 is 0 Å². The number of nitrogens with zero attached hydrogens (tertiary/aromatic N) is 1. The van der Waals surface area contributed by atoms with Gasteiger partial charge in [0, 0.05) is 5.69 Å². The molecular weight excluding hydrogens is 388 g/mol. The third-order valence-electron chi connectivity index (χ3n) is 4.23. The lowest BCUT2D eigenvalue weighted by Gasteiger charge is -2.07. The number of ether oxygens (including phenoxy) is 1. The predicted octanol–water partition coefficient (Wildman–Crippen LogP) is 5.58. The van der Waals surface area contributed by atoms with Gasteiger partial charge in [0.1, 0.15) is 23.0 Å². The van der Waals surface area contributed by atoms with Crippen LogP contribution in [0.15, 0.2) is 63.6 Å². The van der Waals surface area contributed by atoms with Crippen molar-refractivity contribution in [2.24, 2.45) is 0 Å². The highest BCUT2D eigenvalue weighted by atomic mass is 32.1. The van der Waals surface area contributed by atoms with E-state index in [0.29, 0.717) is 40.2 Å². The number of rotatable bonds is 7. The van der Waals surface area contributed by atoms with Gasteiger partial charge >= 0.3 is 0 Å². The number of carbonyl (C=O) groups is 1. The van der Waals surface area contributed by atoms with Gasteiger partial charge in [0.25, 0.3) is 5.91 Å². The summed E-state index contributed by atoms with van der Waals surface area (Å²) in [6.45, 7) is 4.52. The third kappa shape index (κ3) is 4.64. The summed E-state index contributed by atoms with van der Waals surface area (Å²) in [4.78, 5) is 17.8. The Balaban J connectivity index is 1.41. The predicted molar refractivity (Wildman–Crippen MR) is 111 cm³/mol. The van der Waals surface area contributed by atoms with Gasteiger partial charge in [0.15, 0.2) is 10.8 Å². The molecular formula is C22H20N2O4S. The van der Waals surface area contributed by atoms with Crippen LogP contribution in [0.2, 0.25) is 0 Å². The molecule has 0 bridgehead atoms. The Morgan fingerprint density at radius 1 is 1.14 bits per heavy atom. The van der Waals surface area contributed by atoms with Gasteiger partial charge in [-0.2, -0.15) is 0 Å². The second-order valence-electron chi connectivity index (χ2n) is 6.57. The molecule has 148 valence electrons. The number of amides is 1. The molecule has 0 spiro atoms. The Morgan fingerprint density at radius 2 is 2.03 bits per heavy atom. The van der Waals surface area contributed by atoms with Gasteiger partial charge < -0.3 is 18.9 Å². The molecule has 7 heteroatoms. The number of aromatic nitrogens is 1. The van der Waals surface area contributed by atoms with E-state index in [9.17, 15) is 4.79 Å². The molecule has 1 amide bonds. The van der Waals surface area contributed by atoms with Gasteiger partial charge in [0.2, 0.25) is 0 Å². The molecule has 4 rings (SSSR count). The van der Waals surface area contributed by atoms with Crippen LogP contribution in [-0.2, 0) is 18.0 Å². The molecule has 0 saturated carbocycles. The van der Waals surface area contributed by atoms with Crippen LogP contribution in [0, 0.1) is 13.8 Å². The summed E-state index contributed by atoms with van der Waals surface area (Å²) in [7, 11) is 0. The minimum Gasteiger partial charge on any atom is -0.467 e. The van der Waals surface area contributed by atoms with E-state index < -0.39 is 0 Å². The number of furan rings is 2. The van der Waals surface area contributed by atoms with E-state index in [1.807, 2.05) is 62.4 Å². The Kier molecular flexibility index (Phi) is 5.59. The summed E-state index contributed by atoms with van der Waals surface area (Å²) in [5.74, 6) is 2.07. The van der Waals surface area contributed by atoms with Crippen LogP contribution in [0.1, 0.15) is 32.4 Å². The Bertz CT molecular complexity index is 1110. The van der Waals surface area contributed by atoms with Crippen LogP contribution in [0.25, 0.3) is 10.8 Å². The van der Waals surface area contributed by atoms with Crippen molar-refractivity contribution in [3.05, 3.63) is 82.4 Å². The van der Waals surface area contributed by atoms with Crippen LogP contribution < -0.4 is 5.32 Å². The minimum absolute atomic E-state index is 0.191. The van der Waals surface area contributed by atoms with Crippen molar-refractivity contribution >= 4 is 22.9 Å². The molecule has 1 aromatic carbocycles. The van der Waals surface area contributed by atoms with Crippen molar-refractivity contribution in [1.29, 1.82) is 0 Å². The summed E-state index contributed by atoms with van der Waals surface area (Å²) in [5, 5.41) is 3.64. The number of aryl methyl sites for hydroxylation is 2. The van der Waals surface area contributed by atoms with Gasteiger partial charge in [-0.05, 0) is 55.8 Å². The summed E-state index contributed by atoms with van der Waals surface area (Å²) < 4.78 is 16.5. The molecule has 1 N–H and O–H groups in total. The van der Waals surface area contributed by atoms with Crippen LogP contribution in [0.5, 0.6) is 0 Å². The number of hydrogen-bond donors (Lipinski definition) is 1. The van der Waals surface area contributed by atoms with Crippen LogP contribution in [0.3, 0.4) is 0 Å². The highest BCUT2D eigenvalue weighted by Gasteiger charge is 2.18. The molecule has 0 aliphatic heterocycles. The third-order valence-corrected chi connectivity index (χ3v) is 5.40. The van der Waals surface area contributed by atoms with Crippen molar-refractivity contribution in [3.8, 4) is 10.8 Å². The first-order valence-electron chi connectivity index (χ1n) is 9.13. The molecule has 0 atom stereocenters. The number of hydrogen-bond acceptors (Lipinski definition) is 6. The number of benzene rings is 1. The minimum atomic E-state index is -0.191. The summed E-state index contributed by atoms with van der Waals surface area (Å²) in [6.07, 6.45) is 1.62. The molecule has 0 aliphatic rings. The van der Waals surface area contributed by atoms with E-state index in [-0.39, 0.29) is 5.91 Å². The maximum absolute atomic E-state index is 12.8. The first-order chi connectivity index (χ1) is 14.1. The second kappa shape index (κ2) is 8.46. The zero-order valence-corrected chi connectivity index (χ0v) is 16.9. The summed E-state index contributed by atoms with van der Waals surface area (Å²) >= 11 is 1.32. The molecule has 3 heterocycles. The zero-order chi connectivity index (χ0) is 20.2. The lowest BCUT2D eigenvalue weighted by molar-refractivity contribution is 0.0929. The summed E-state index contributed by atoms with van der Waals surface area (Å²) in [5.41, 5.74) is 2.34. The monoisotopic (exact) mass is 408 g/mol. The van der Waals surface area contributed by atoms with Gasteiger partial charge in [-0.1, -0.05) is 12.1 Å². The fourth-order valence-corrected chi connectivity index (χ4v) is 3.78. The zero-order valence-electron chi connectivity index (χ0n) is 16.1. The topological polar surface area (TPSA) is 77.5 Å². The van der Waals surface area contributed by atoms with E-state index in [2.05, 4.69) is 10.3 Å². The van der Waals surface area contributed by atoms with Crippen molar-refractivity contribution in [3.63, 3.8) is 0 Å². The van der Waals surface area contributed by atoms with Gasteiger partial charge in [-0.25, -0.2) is 4.98 Å². The van der Waals surface area contributed by atoms with E-state index in [1.165, 1.54) is 11.3 Å². The number of nitrogens with one attached hydrogen (secondary N) is 1. The normalized spacial score (nSPS) is 11.0. The first-order valence-corrected chi connectivity index (χ1v) is 9.95. The second-order valence-corrected chi connectivity index (χ2v) is 7.57. The Morgan fingerprint density at radius 3 is 2.79 bits per heavy atom. The maximum Gasteiger partial charge on any atom is 0.267 e.